The second-order valence-electron chi connectivity index (χ2n) is 4.67. The highest BCUT2D eigenvalue weighted by Crippen LogP contribution is 2.23. The smallest absolute Gasteiger partial charge is 0.156 e. The van der Waals surface area contributed by atoms with Crippen LogP contribution in [0.1, 0.15) is 34.1 Å². The zero-order chi connectivity index (χ0) is 10.8. The van der Waals surface area contributed by atoms with Crippen LogP contribution in [-0.2, 0) is 0 Å². The van der Waals surface area contributed by atoms with E-state index in [1.54, 1.807) is 0 Å². The Kier molecular flexibility index (Phi) is 3.65. The summed E-state index contributed by atoms with van der Waals surface area (Å²) in [7, 11) is 0. The third-order valence-corrected chi connectivity index (χ3v) is 2.74. The summed E-state index contributed by atoms with van der Waals surface area (Å²) < 4.78 is 0. The van der Waals surface area contributed by atoms with Crippen LogP contribution in [0.3, 0.4) is 0 Å². The molecule has 14 heavy (non-hydrogen) atoms. The molecule has 1 aliphatic heterocycles. The largest absolute Gasteiger partial charge is 0.345 e. The molecule has 0 bridgehead atoms. The predicted octanol–water partition coefficient (Wildman–Crippen LogP) is 2.72. The van der Waals surface area contributed by atoms with E-state index in [2.05, 4.69) is 55.4 Å². The van der Waals surface area contributed by atoms with Gasteiger partial charge < -0.3 is 4.90 Å². The van der Waals surface area contributed by atoms with Crippen LogP contribution in [0.5, 0.6) is 0 Å². The lowest BCUT2D eigenvalue weighted by atomic mass is 10.1. The molecular weight excluding hydrogens is 192 g/mol. The Morgan fingerprint density at radius 1 is 1.57 bits per heavy atom. The second kappa shape index (κ2) is 4.39. The van der Waals surface area contributed by atoms with Gasteiger partial charge in [0.25, 0.3) is 0 Å². The van der Waals surface area contributed by atoms with Gasteiger partial charge in [0.05, 0.1) is 6.04 Å². The van der Waals surface area contributed by atoms with E-state index in [9.17, 15) is 0 Å². The topological polar surface area (TPSA) is 15.6 Å². The Labute approximate surface area is 92.5 Å². The predicted molar refractivity (Wildman–Crippen MR) is 66.1 cm³/mol. The molecule has 0 amide bonds. The molecule has 0 saturated carbocycles. The van der Waals surface area contributed by atoms with Crippen molar-refractivity contribution in [1.82, 2.24) is 4.90 Å². The van der Waals surface area contributed by atoms with Crippen LogP contribution in [0, 0.1) is 0 Å². The summed E-state index contributed by atoms with van der Waals surface area (Å²) in [4.78, 5) is 6.78. The van der Waals surface area contributed by atoms with Crippen molar-refractivity contribution in [2.75, 3.05) is 6.54 Å². The lowest BCUT2D eigenvalue weighted by Gasteiger charge is -2.33. The molecule has 2 nitrogen and oxygen atoms in total. The number of rotatable bonds is 2. The highest BCUT2D eigenvalue weighted by atomic mass is 32.1. The quantitative estimate of drug-likeness (QED) is 0.549. The summed E-state index contributed by atoms with van der Waals surface area (Å²) in [6.45, 7) is 9.61. The second-order valence-corrected chi connectivity index (χ2v) is 5.07. The molecular formula is C11H20N2S. The zero-order valence-electron chi connectivity index (χ0n) is 9.49. The van der Waals surface area contributed by atoms with E-state index in [-0.39, 0.29) is 5.54 Å². The van der Waals surface area contributed by atoms with Crippen LogP contribution in [0.4, 0.5) is 0 Å². The average Bonchev–Trinajstić information content (AvgIpc) is 2.42. The average molecular weight is 212 g/mol. The van der Waals surface area contributed by atoms with Crippen LogP contribution < -0.4 is 0 Å². The number of allylic oxidation sites excluding steroid dienone is 1. The Bertz CT molecular complexity index is 251. The highest BCUT2D eigenvalue weighted by molar-refractivity contribution is 7.96. The first kappa shape index (κ1) is 11.6. The maximum absolute atomic E-state index is 4.53. The third kappa shape index (κ3) is 2.77. The van der Waals surface area contributed by atoms with Gasteiger partial charge in [0.15, 0.2) is 5.17 Å². The molecule has 0 aromatic carbocycles. The molecule has 0 fully saturated rings. The van der Waals surface area contributed by atoms with Gasteiger partial charge in [-0.05, 0) is 34.1 Å². The number of nitrogens with zero attached hydrogens (tertiary/aromatic N) is 2. The number of hydrogen-bond acceptors (Lipinski definition) is 2. The van der Waals surface area contributed by atoms with Crippen molar-refractivity contribution in [3.8, 4) is 0 Å². The van der Waals surface area contributed by atoms with Crippen LogP contribution in [0.25, 0.3) is 0 Å². The van der Waals surface area contributed by atoms with Gasteiger partial charge in [0.1, 0.15) is 0 Å². The van der Waals surface area contributed by atoms with Crippen LogP contribution in [-0.4, -0.2) is 28.2 Å². The molecule has 0 saturated heterocycles. The fourth-order valence-electron chi connectivity index (χ4n) is 1.56. The first-order chi connectivity index (χ1) is 6.45. The van der Waals surface area contributed by atoms with Crippen molar-refractivity contribution in [3.05, 3.63) is 12.2 Å². The number of amidine groups is 1. The maximum atomic E-state index is 4.53. The molecule has 0 aliphatic carbocycles. The Morgan fingerprint density at radius 2 is 2.21 bits per heavy atom. The fourth-order valence-corrected chi connectivity index (χ4v) is 2.11. The van der Waals surface area contributed by atoms with Crippen molar-refractivity contribution < 1.29 is 0 Å². The standard InChI is InChI=1S/C11H20N2S/c1-5-6-7-9-8-13(10(14)12-9)11(2,3)4/h5-6,9H,7-8H2,1-4H3,(H,12,14)/b6-5-. The van der Waals surface area contributed by atoms with Gasteiger partial charge in [0.2, 0.25) is 0 Å². The van der Waals surface area contributed by atoms with Gasteiger partial charge >= 0.3 is 0 Å². The fraction of sp³-hybridized carbons (Fsp3) is 0.727. The van der Waals surface area contributed by atoms with Crippen molar-refractivity contribution in [1.29, 1.82) is 0 Å². The van der Waals surface area contributed by atoms with E-state index in [0.29, 0.717) is 6.04 Å². The number of hydrogen-bond donors (Lipinski definition) is 1. The Morgan fingerprint density at radius 3 is 2.64 bits per heavy atom. The van der Waals surface area contributed by atoms with Gasteiger partial charge in [0, 0.05) is 12.1 Å². The molecule has 0 N–H and O–H groups in total. The van der Waals surface area contributed by atoms with Crippen molar-refractivity contribution >= 4 is 17.8 Å². The molecule has 1 unspecified atom stereocenters. The van der Waals surface area contributed by atoms with Crippen LogP contribution in [0.15, 0.2) is 17.1 Å². The molecule has 1 rings (SSSR count). The van der Waals surface area contributed by atoms with Crippen LogP contribution in [0.2, 0.25) is 0 Å². The SMILES string of the molecule is C/C=C\CC1CN(C(C)(C)C)C(S)=N1. The third-order valence-electron chi connectivity index (χ3n) is 2.39. The van der Waals surface area contributed by atoms with E-state index in [1.165, 1.54) is 0 Å². The van der Waals surface area contributed by atoms with Crippen molar-refractivity contribution in [2.24, 2.45) is 4.99 Å². The molecule has 1 heterocycles. The molecule has 3 heteroatoms. The van der Waals surface area contributed by atoms with Gasteiger partial charge in [-0.3, -0.25) is 4.99 Å². The van der Waals surface area contributed by atoms with E-state index in [1.807, 2.05) is 6.92 Å². The lowest BCUT2D eigenvalue weighted by Crippen LogP contribution is -2.42. The molecule has 0 aromatic rings. The van der Waals surface area contributed by atoms with E-state index >= 15 is 0 Å². The van der Waals surface area contributed by atoms with E-state index in [0.717, 1.165) is 18.1 Å². The minimum atomic E-state index is 0.130. The van der Waals surface area contributed by atoms with Gasteiger partial charge in [-0.15, -0.1) is 12.6 Å². The number of aliphatic imine (C=N–C) groups is 1. The van der Waals surface area contributed by atoms with Crippen molar-refractivity contribution in [3.63, 3.8) is 0 Å². The molecule has 0 radical (unpaired) electrons. The molecule has 0 aromatic heterocycles. The summed E-state index contributed by atoms with van der Waals surface area (Å²) in [5.74, 6) is 0. The molecule has 0 spiro atoms. The summed E-state index contributed by atoms with van der Waals surface area (Å²) in [5, 5.41) is 0.881. The van der Waals surface area contributed by atoms with E-state index < -0.39 is 0 Å². The summed E-state index contributed by atoms with van der Waals surface area (Å²) in [6.07, 6.45) is 5.27. The van der Waals surface area contributed by atoms with Crippen LogP contribution >= 0.6 is 12.6 Å². The van der Waals surface area contributed by atoms with E-state index in [4.69, 9.17) is 0 Å². The highest BCUT2D eigenvalue weighted by Gasteiger charge is 2.30. The Hall–Kier alpha value is -0.440. The van der Waals surface area contributed by atoms with Gasteiger partial charge in [-0.1, -0.05) is 12.2 Å². The minimum Gasteiger partial charge on any atom is -0.345 e. The summed E-state index contributed by atoms with van der Waals surface area (Å²) >= 11 is 4.41. The zero-order valence-corrected chi connectivity index (χ0v) is 10.4. The Balaban J connectivity index is 2.60. The van der Waals surface area contributed by atoms with Gasteiger partial charge in [-0.25, -0.2) is 0 Å². The molecule has 1 aliphatic rings. The normalized spacial score (nSPS) is 23.4. The first-order valence-electron chi connectivity index (χ1n) is 5.10. The maximum Gasteiger partial charge on any atom is 0.156 e. The monoisotopic (exact) mass is 212 g/mol. The number of thiol groups is 1. The molecule has 1 atom stereocenters. The molecule has 80 valence electrons. The lowest BCUT2D eigenvalue weighted by molar-refractivity contribution is 0.249. The minimum absolute atomic E-state index is 0.130. The van der Waals surface area contributed by atoms with Crippen molar-refractivity contribution in [2.45, 2.75) is 45.7 Å². The van der Waals surface area contributed by atoms with Gasteiger partial charge in [-0.2, -0.15) is 0 Å². The first-order valence-corrected chi connectivity index (χ1v) is 5.55. The summed E-state index contributed by atoms with van der Waals surface area (Å²) in [6, 6.07) is 0.387. The summed E-state index contributed by atoms with van der Waals surface area (Å²) in [5.41, 5.74) is 0.130.